The molecular formula is C27H32F3N7O3. The SMILES string of the molecule is CCNCCNC(=O)CN(CC(=O)N(C)N1Cc2ccc(F)cc2C1)c1cc(-c2noc(C(F)F)n2)ccc1C. The number of carbonyl (C=O) groups excluding carboxylic acids is 2. The first-order valence-electron chi connectivity index (χ1n) is 12.9. The lowest BCUT2D eigenvalue weighted by Gasteiger charge is -2.32. The van der Waals surface area contributed by atoms with Crippen molar-refractivity contribution in [2.75, 3.05) is 44.7 Å². The number of likely N-dealkylation sites (N-methyl/N-ethyl adjacent to an activating group) is 2. The summed E-state index contributed by atoms with van der Waals surface area (Å²) >= 11 is 0. The van der Waals surface area contributed by atoms with Crippen molar-refractivity contribution in [3.05, 3.63) is 64.8 Å². The Hall–Kier alpha value is -3.97. The number of benzene rings is 2. The van der Waals surface area contributed by atoms with E-state index in [-0.39, 0.29) is 36.5 Å². The molecule has 0 bridgehead atoms. The van der Waals surface area contributed by atoms with Gasteiger partial charge in [0, 0.05) is 44.5 Å². The summed E-state index contributed by atoms with van der Waals surface area (Å²) in [6.45, 7) is 6.09. The quantitative estimate of drug-likeness (QED) is 0.326. The Bertz CT molecular complexity index is 1350. The second-order valence-corrected chi connectivity index (χ2v) is 9.47. The zero-order chi connectivity index (χ0) is 28.8. The number of hydrogen-bond donors (Lipinski definition) is 2. The molecule has 2 heterocycles. The Morgan fingerprint density at radius 1 is 1.10 bits per heavy atom. The van der Waals surface area contributed by atoms with Crippen LogP contribution >= 0.6 is 0 Å². The molecule has 0 fully saturated rings. The van der Waals surface area contributed by atoms with E-state index in [9.17, 15) is 22.8 Å². The zero-order valence-corrected chi connectivity index (χ0v) is 22.6. The van der Waals surface area contributed by atoms with Gasteiger partial charge in [0.15, 0.2) is 0 Å². The summed E-state index contributed by atoms with van der Waals surface area (Å²) in [5.41, 5.74) is 3.43. The molecule has 2 amide bonds. The second-order valence-electron chi connectivity index (χ2n) is 9.47. The van der Waals surface area contributed by atoms with Crippen molar-refractivity contribution in [2.24, 2.45) is 0 Å². The summed E-state index contributed by atoms with van der Waals surface area (Å²) in [5.74, 6) is -1.74. The fourth-order valence-electron chi connectivity index (χ4n) is 4.43. The van der Waals surface area contributed by atoms with Crippen LogP contribution in [0, 0.1) is 12.7 Å². The number of alkyl halides is 2. The van der Waals surface area contributed by atoms with Crippen molar-refractivity contribution in [3.63, 3.8) is 0 Å². The van der Waals surface area contributed by atoms with E-state index >= 15 is 0 Å². The van der Waals surface area contributed by atoms with E-state index in [1.165, 1.54) is 17.1 Å². The van der Waals surface area contributed by atoms with Crippen LogP contribution in [0.3, 0.4) is 0 Å². The molecule has 0 radical (unpaired) electrons. The minimum Gasteiger partial charge on any atom is -0.353 e. The zero-order valence-electron chi connectivity index (χ0n) is 22.6. The van der Waals surface area contributed by atoms with Crippen LogP contribution in [0.15, 0.2) is 40.9 Å². The molecule has 4 rings (SSSR count). The number of halogens is 3. The highest BCUT2D eigenvalue weighted by molar-refractivity contribution is 5.87. The molecule has 0 spiro atoms. The molecule has 0 atom stereocenters. The van der Waals surface area contributed by atoms with E-state index in [2.05, 4.69) is 25.3 Å². The summed E-state index contributed by atoms with van der Waals surface area (Å²) in [6, 6.07) is 9.59. The summed E-state index contributed by atoms with van der Waals surface area (Å²) in [4.78, 5) is 31.7. The summed E-state index contributed by atoms with van der Waals surface area (Å²) in [7, 11) is 1.63. The predicted molar refractivity (Wildman–Crippen MR) is 142 cm³/mol. The normalized spacial score (nSPS) is 13.0. The Labute approximate surface area is 230 Å². The Kier molecular flexibility index (Phi) is 9.38. The fourth-order valence-corrected chi connectivity index (χ4v) is 4.43. The van der Waals surface area contributed by atoms with Crippen LogP contribution in [0.4, 0.5) is 18.9 Å². The molecule has 1 aliphatic heterocycles. The second kappa shape index (κ2) is 12.9. The van der Waals surface area contributed by atoms with Crippen molar-refractivity contribution in [1.82, 2.24) is 30.8 Å². The van der Waals surface area contributed by atoms with Gasteiger partial charge in [0.2, 0.25) is 11.7 Å². The van der Waals surface area contributed by atoms with Crippen LogP contribution in [0.2, 0.25) is 0 Å². The van der Waals surface area contributed by atoms with Crippen LogP contribution < -0.4 is 15.5 Å². The molecule has 1 aromatic heterocycles. The lowest BCUT2D eigenvalue weighted by molar-refractivity contribution is -0.145. The molecular weight excluding hydrogens is 527 g/mol. The molecule has 0 unspecified atom stereocenters. The molecule has 40 heavy (non-hydrogen) atoms. The lowest BCUT2D eigenvalue weighted by Crippen LogP contribution is -2.48. The number of rotatable bonds is 12. The van der Waals surface area contributed by atoms with Crippen LogP contribution in [-0.2, 0) is 22.7 Å². The number of amides is 2. The minimum atomic E-state index is -2.91. The number of hydrazine groups is 1. The summed E-state index contributed by atoms with van der Waals surface area (Å²) in [6.07, 6.45) is -2.91. The van der Waals surface area contributed by atoms with Gasteiger partial charge in [-0.15, -0.1) is 0 Å². The number of nitrogens with one attached hydrogen (secondary N) is 2. The van der Waals surface area contributed by atoms with Crippen molar-refractivity contribution in [3.8, 4) is 11.4 Å². The fraction of sp³-hybridized carbons (Fsp3) is 0.407. The molecule has 0 saturated carbocycles. The lowest BCUT2D eigenvalue weighted by atomic mass is 10.1. The van der Waals surface area contributed by atoms with E-state index in [0.717, 1.165) is 23.2 Å². The monoisotopic (exact) mass is 559 g/mol. The maximum Gasteiger partial charge on any atom is 0.315 e. The van der Waals surface area contributed by atoms with Crippen LogP contribution in [-0.4, -0.2) is 71.7 Å². The standard InChI is InChI=1S/C27H32F3N7O3/c1-4-31-9-10-32-23(38)15-36(16-24(39)35(3)37-13-19-7-8-21(28)11-20(19)14-37)22-12-18(6-5-17(22)2)26-33-27(25(29)30)40-34-26/h5-8,11-12,25,31H,4,9-10,13-16H2,1-3H3,(H,32,38). The number of nitrogens with zero attached hydrogens (tertiary/aromatic N) is 5. The van der Waals surface area contributed by atoms with Crippen LogP contribution in [0.5, 0.6) is 0 Å². The predicted octanol–water partition coefficient (Wildman–Crippen LogP) is 3.04. The van der Waals surface area contributed by atoms with Gasteiger partial charge in [-0.1, -0.05) is 30.3 Å². The molecule has 214 valence electrons. The van der Waals surface area contributed by atoms with Crippen molar-refractivity contribution in [1.29, 1.82) is 0 Å². The van der Waals surface area contributed by atoms with Gasteiger partial charge < -0.3 is 20.1 Å². The maximum absolute atomic E-state index is 13.7. The van der Waals surface area contributed by atoms with Gasteiger partial charge in [-0.25, -0.2) is 9.40 Å². The molecule has 2 aromatic carbocycles. The number of fused-ring (bicyclic) bond motifs is 1. The average Bonchev–Trinajstić information content (AvgIpc) is 3.58. The molecule has 1 aliphatic rings. The van der Waals surface area contributed by atoms with Crippen molar-refractivity contribution in [2.45, 2.75) is 33.4 Å². The average molecular weight is 560 g/mol. The number of aryl methyl sites for hydroxylation is 1. The van der Waals surface area contributed by atoms with Gasteiger partial charge >= 0.3 is 6.43 Å². The molecule has 13 heteroatoms. The topological polar surface area (TPSA) is 107 Å². The molecule has 10 nitrogen and oxygen atoms in total. The highest BCUT2D eigenvalue weighted by Gasteiger charge is 2.28. The number of aromatic nitrogens is 2. The number of carbonyl (C=O) groups is 2. The largest absolute Gasteiger partial charge is 0.353 e. The molecule has 0 aliphatic carbocycles. The van der Waals surface area contributed by atoms with Gasteiger partial charge in [-0.05, 0) is 48.4 Å². The highest BCUT2D eigenvalue weighted by Crippen LogP contribution is 2.29. The van der Waals surface area contributed by atoms with E-state index in [1.54, 1.807) is 41.2 Å². The third-order valence-corrected chi connectivity index (χ3v) is 6.63. The minimum absolute atomic E-state index is 0.0305. The first-order valence-corrected chi connectivity index (χ1v) is 12.9. The maximum atomic E-state index is 13.7. The van der Waals surface area contributed by atoms with Crippen molar-refractivity contribution < 1.29 is 27.3 Å². The van der Waals surface area contributed by atoms with Crippen LogP contribution in [0.25, 0.3) is 11.4 Å². The van der Waals surface area contributed by atoms with E-state index in [0.29, 0.717) is 37.4 Å². The van der Waals surface area contributed by atoms with Gasteiger partial charge in [-0.3, -0.25) is 14.6 Å². The number of anilines is 1. The summed E-state index contributed by atoms with van der Waals surface area (Å²) < 4.78 is 44.3. The van der Waals surface area contributed by atoms with Crippen LogP contribution in [0.1, 0.15) is 35.9 Å². The first-order chi connectivity index (χ1) is 19.2. The number of hydrogen-bond acceptors (Lipinski definition) is 8. The molecule has 3 aromatic rings. The highest BCUT2D eigenvalue weighted by atomic mass is 19.3. The Morgan fingerprint density at radius 2 is 1.88 bits per heavy atom. The van der Waals surface area contributed by atoms with Gasteiger partial charge in [0.1, 0.15) is 5.82 Å². The van der Waals surface area contributed by atoms with Gasteiger partial charge in [-0.2, -0.15) is 13.8 Å². The third-order valence-electron chi connectivity index (χ3n) is 6.63. The van der Waals surface area contributed by atoms with Gasteiger partial charge in [0.05, 0.1) is 13.1 Å². The van der Waals surface area contributed by atoms with E-state index in [4.69, 9.17) is 0 Å². The Balaban J connectivity index is 1.55. The van der Waals surface area contributed by atoms with Crippen molar-refractivity contribution >= 4 is 17.5 Å². The van der Waals surface area contributed by atoms with Gasteiger partial charge in [0.25, 0.3) is 11.8 Å². The molecule has 2 N–H and O–H groups in total. The Morgan fingerprint density at radius 3 is 2.60 bits per heavy atom. The third kappa shape index (κ3) is 6.96. The molecule has 0 saturated heterocycles. The first kappa shape index (κ1) is 29.0. The summed E-state index contributed by atoms with van der Waals surface area (Å²) in [5, 5.41) is 12.9. The van der Waals surface area contributed by atoms with E-state index < -0.39 is 12.3 Å². The smallest absolute Gasteiger partial charge is 0.315 e. The van der Waals surface area contributed by atoms with E-state index in [1.807, 2.05) is 13.8 Å².